The maximum Gasteiger partial charge on any atom is 0.0999 e. The van der Waals surface area contributed by atoms with Gasteiger partial charge in [-0.25, -0.2) is 0 Å². The van der Waals surface area contributed by atoms with Crippen LogP contribution in [0.15, 0.2) is 121 Å². The van der Waals surface area contributed by atoms with Gasteiger partial charge < -0.3 is 0 Å². The molecule has 2 unspecified atom stereocenters. The lowest BCUT2D eigenvalue weighted by molar-refractivity contribution is 0.633. The summed E-state index contributed by atoms with van der Waals surface area (Å²) in [4.78, 5) is 0. The highest BCUT2D eigenvalue weighted by atomic mass is 79.9. The van der Waals surface area contributed by atoms with E-state index >= 15 is 0 Å². The first kappa shape index (κ1) is 19.5. The Bertz CT molecular complexity index is 1090. The van der Waals surface area contributed by atoms with Crippen molar-refractivity contribution in [1.29, 1.82) is 0 Å². The largest absolute Gasteiger partial charge is 0.0999 e. The first-order chi connectivity index (χ1) is 14.7. The molecule has 30 heavy (non-hydrogen) atoms. The first-order valence-corrected chi connectivity index (χ1v) is 11.6. The summed E-state index contributed by atoms with van der Waals surface area (Å²) in [7, 11) is 0. The normalized spacial score (nSPS) is 23.1. The number of hydrogen-bond acceptors (Lipinski definition) is 0. The van der Waals surface area contributed by atoms with E-state index in [4.69, 9.17) is 0 Å². The predicted molar refractivity (Wildman–Crippen MR) is 134 cm³/mol. The third-order valence-electron chi connectivity index (χ3n) is 5.88. The van der Waals surface area contributed by atoms with E-state index in [1.165, 1.54) is 33.4 Å². The summed E-state index contributed by atoms with van der Waals surface area (Å²) < 4.78 is -0.843. The average molecular weight is 516 g/mol. The van der Waals surface area contributed by atoms with Gasteiger partial charge in [0.05, 0.1) is 8.65 Å². The van der Waals surface area contributed by atoms with Crippen LogP contribution in [0.1, 0.15) is 22.3 Å². The number of alkyl halides is 2. The Morgan fingerprint density at radius 2 is 0.633 bits per heavy atom. The van der Waals surface area contributed by atoms with Gasteiger partial charge >= 0.3 is 0 Å². The molecule has 0 saturated heterocycles. The maximum absolute atomic E-state index is 4.27. The minimum absolute atomic E-state index is 0.421. The molecule has 1 aliphatic carbocycles. The Morgan fingerprint density at radius 3 is 0.933 bits per heavy atom. The van der Waals surface area contributed by atoms with Gasteiger partial charge in [0.15, 0.2) is 0 Å². The molecule has 2 heteroatoms. The molecule has 0 aromatic heterocycles. The van der Waals surface area contributed by atoms with Crippen molar-refractivity contribution in [2.45, 2.75) is 8.65 Å². The van der Waals surface area contributed by atoms with E-state index in [0.29, 0.717) is 0 Å². The van der Waals surface area contributed by atoms with Crippen molar-refractivity contribution in [2.75, 3.05) is 0 Å². The van der Waals surface area contributed by atoms with E-state index in [9.17, 15) is 0 Å². The van der Waals surface area contributed by atoms with E-state index in [1.807, 2.05) is 0 Å². The highest BCUT2D eigenvalue weighted by molar-refractivity contribution is 9.12. The van der Waals surface area contributed by atoms with E-state index in [0.717, 1.165) is 0 Å². The second-order valence-corrected chi connectivity index (χ2v) is 9.91. The van der Waals surface area contributed by atoms with Crippen molar-refractivity contribution in [3.05, 3.63) is 144 Å². The second-order valence-electron chi connectivity index (χ2n) is 7.53. The third-order valence-corrected chi connectivity index (χ3v) is 9.31. The zero-order valence-corrected chi connectivity index (χ0v) is 19.5. The van der Waals surface area contributed by atoms with Gasteiger partial charge in [0, 0.05) is 0 Å². The molecule has 0 saturated carbocycles. The van der Waals surface area contributed by atoms with Gasteiger partial charge in [-0.2, -0.15) is 0 Å². The molecular weight excluding hydrogens is 496 g/mol. The molecule has 4 aromatic carbocycles. The number of hydrogen-bond donors (Lipinski definition) is 0. The van der Waals surface area contributed by atoms with E-state index in [1.54, 1.807) is 0 Å². The van der Waals surface area contributed by atoms with Crippen molar-refractivity contribution in [1.82, 2.24) is 0 Å². The lowest BCUT2D eigenvalue weighted by Gasteiger charge is -2.57. The molecule has 146 valence electrons. The molecule has 0 amide bonds. The van der Waals surface area contributed by atoms with Crippen LogP contribution in [0.4, 0.5) is 0 Å². The van der Waals surface area contributed by atoms with Crippen LogP contribution in [0.3, 0.4) is 0 Å². The molecule has 0 nitrogen and oxygen atoms in total. The van der Waals surface area contributed by atoms with Crippen LogP contribution in [0.5, 0.6) is 0 Å². The summed E-state index contributed by atoms with van der Waals surface area (Å²) in [5.74, 6) is 0. The average Bonchev–Trinajstić information content (AvgIpc) is 2.83. The zero-order chi connectivity index (χ0) is 20.6. The minimum Gasteiger partial charge on any atom is -0.0725 e. The predicted octanol–water partition coefficient (Wildman–Crippen LogP) is 8.19. The smallest absolute Gasteiger partial charge is 0.0725 e. The van der Waals surface area contributed by atoms with Crippen LogP contribution >= 0.6 is 31.9 Å². The second kappa shape index (κ2) is 7.68. The lowest BCUT2D eigenvalue weighted by Crippen LogP contribution is -2.51. The van der Waals surface area contributed by atoms with Crippen LogP contribution in [-0.4, -0.2) is 0 Å². The van der Waals surface area contributed by atoms with Gasteiger partial charge in [-0.1, -0.05) is 153 Å². The fourth-order valence-electron chi connectivity index (χ4n) is 4.54. The molecule has 0 spiro atoms. The van der Waals surface area contributed by atoms with Gasteiger partial charge in [-0.05, 0) is 33.4 Å². The topological polar surface area (TPSA) is 0 Å². The van der Waals surface area contributed by atoms with Crippen LogP contribution < -0.4 is 0 Å². The van der Waals surface area contributed by atoms with Gasteiger partial charge in [-0.15, -0.1) is 0 Å². The third kappa shape index (κ3) is 2.78. The molecule has 0 aliphatic heterocycles. The molecule has 0 heterocycles. The first-order valence-electron chi connectivity index (χ1n) is 10.0. The summed E-state index contributed by atoms with van der Waals surface area (Å²) in [5.41, 5.74) is 7.49. The van der Waals surface area contributed by atoms with Gasteiger partial charge in [0.25, 0.3) is 0 Å². The molecule has 4 aromatic rings. The van der Waals surface area contributed by atoms with Crippen LogP contribution in [-0.2, 0) is 8.65 Å². The Hall–Kier alpha value is -2.42. The summed E-state index contributed by atoms with van der Waals surface area (Å²) in [6, 6.07) is 42.8. The van der Waals surface area contributed by atoms with E-state index in [-0.39, 0.29) is 0 Å². The monoisotopic (exact) mass is 514 g/mol. The number of rotatable bonds is 4. The van der Waals surface area contributed by atoms with Crippen molar-refractivity contribution in [2.24, 2.45) is 0 Å². The quantitative estimate of drug-likeness (QED) is 0.240. The Balaban J connectivity index is 1.89. The number of allylic oxidation sites excluding steroid dienone is 2. The Morgan fingerprint density at radius 1 is 0.367 bits per heavy atom. The van der Waals surface area contributed by atoms with Crippen molar-refractivity contribution in [3.8, 4) is 0 Å². The zero-order valence-electron chi connectivity index (χ0n) is 16.3. The molecule has 5 rings (SSSR count). The SMILES string of the molecule is BrC1(c2ccccc2)C(c2ccccc2)=C(c2ccccc2)C1(Br)c1ccccc1. The minimum atomic E-state index is -0.421. The van der Waals surface area contributed by atoms with Crippen LogP contribution in [0.2, 0.25) is 0 Å². The Kier molecular flexibility index (Phi) is 5.00. The van der Waals surface area contributed by atoms with Crippen molar-refractivity contribution >= 4 is 43.0 Å². The number of halogens is 2. The molecule has 0 radical (unpaired) electrons. The standard InChI is InChI=1S/C28H20Br2/c29-27(23-17-9-3-10-18-23)25(21-13-5-1-6-14-21)26(22-15-7-2-8-16-22)28(27,30)24-19-11-4-12-20-24/h1-20H. The van der Waals surface area contributed by atoms with Crippen LogP contribution in [0.25, 0.3) is 11.1 Å². The molecular formula is C28H20Br2. The molecule has 2 atom stereocenters. The summed E-state index contributed by atoms with van der Waals surface area (Å²) in [6.45, 7) is 0. The number of benzene rings is 4. The summed E-state index contributed by atoms with van der Waals surface area (Å²) in [6.07, 6.45) is 0. The van der Waals surface area contributed by atoms with Gasteiger partial charge in [0.1, 0.15) is 0 Å². The summed E-state index contributed by atoms with van der Waals surface area (Å²) >= 11 is 8.54. The van der Waals surface area contributed by atoms with Gasteiger partial charge in [-0.3, -0.25) is 0 Å². The highest BCUT2D eigenvalue weighted by Crippen LogP contribution is 2.74. The van der Waals surface area contributed by atoms with E-state index in [2.05, 4.69) is 153 Å². The van der Waals surface area contributed by atoms with E-state index < -0.39 is 8.65 Å². The highest BCUT2D eigenvalue weighted by Gasteiger charge is 2.64. The Labute approximate surface area is 194 Å². The van der Waals surface area contributed by atoms with Gasteiger partial charge in [0.2, 0.25) is 0 Å². The molecule has 0 N–H and O–H groups in total. The summed E-state index contributed by atoms with van der Waals surface area (Å²) in [5, 5.41) is 0. The van der Waals surface area contributed by atoms with Crippen LogP contribution in [0, 0.1) is 0 Å². The molecule has 0 fully saturated rings. The lowest BCUT2D eigenvalue weighted by atomic mass is 9.58. The van der Waals surface area contributed by atoms with Crippen molar-refractivity contribution in [3.63, 3.8) is 0 Å². The molecule has 0 bridgehead atoms. The fraction of sp³-hybridized carbons (Fsp3) is 0.0714. The van der Waals surface area contributed by atoms with Crippen molar-refractivity contribution < 1.29 is 0 Å². The molecule has 1 aliphatic rings. The maximum atomic E-state index is 4.27. The fourth-order valence-corrected chi connectivity index (χ4v) is 6.78.